The molecule has 2 aromatic rings. The Balaban J connectivity index is 1.44. The van der Waals surface area contributed by atoms with E-state index in [9.17, 15) is 9.59 Å². The van der Waals surface area contributed by atoms with E-state index in [4.69, 9.17) is 0 Å². The number of pyridine rings is 1. The van der Waals surface area contributed by atoms with Crippen LogP contribution in [0.5, 0.6) is 0 Å². The van der Waals surface area contributed by atoms with Gasteiger partial charge in [0.2, 0.25) is 5.91 Å². The first kappa shape index (κ1) is 17.4. The number of benzene rings is 1. The fourth-order valence-corrected chi connectivity index (χ4v) is 3.31. The van der Waals surface area contributed by atoms with Gasteiger partial charge in [-0.15, -0.1) is 0 Å². The van der Waals surface area contributed by atoms with Gasteiger partial charge >= 0.3 is 0 Å². The van der Waals surface area contributed by atoms with Gasteiger partial charge in [0.25, 0.3) is 5.56 Å². The zero-order valence-corrected chi connectivity index (χ0v) is 14.6. The molecule has 0 aliphatic carbocycles. The quantitative estimate of drug-likeness (QED) is 0.873. The third kappa shape index (κ3) is 4.79. The van der Waals surface area contributed by atoms with E-state index in [1.807, 2.05) is 0 Å². The van der Waals surface area contributed by atoms with E-state index in [1.54, 1.807) is 18.3 Å². The minimum Gasteiger partial charge on any atom is -0.354 e. The topological polar surface area (TPSA) is 54.3 Å². The van der Waals surface area contributed by atoms with E-state index in [1.165, 1.54) is 21.8 Å². The summed E-state index contributed by atoms with van der Waals surface area (Å²) < 4.78 is 1.43. The highest BCUT2D eigenvalue weighted by atomic mass is 16.2. The predicted molar refractivity (Wildman–Crippen MR) is 98.3 cm³/mol. The number of aryl methyl sites for hydroxylation is 1. The van der Waals surface area contributed by atoms with Crippen LogP contribution in [-0.4, -0.2) is 35.0 Å². The second kappa shape index (κ2) is 8.12. The average molecular weight is 339 g/mol. The van der Waals surface area contributed by atoms with Gasteiger partial charge in [-0.1, -0.05) is 30.3 Å². The van der Waals surface area contributed by atoms with Gasteiger partial charge in [0.05, 0.1) is 0 Å². The number of aromatic nitrogens is 1. The van der Waals surface area contributed by atoms with Crippen molar-refractivity contribution >= 4 is 5.91 Å². The SMILES string of the molecule is Cc1ccccc1CN1CC[C@H](CNC(=O)Cn2ccccc2=O)C1. The fourth-order valence-electron chi connectivity index (χ4n) is 3.31. The Morgan fingerprint density at radius 1 is 1.20 bits per heavy atom. The lowest BCUT2D eigenvalue weighted by Crippen LogP contribution is -2.35. The van der Waals surface area contributed by atoms with Gasteiger partial charge in [-0.2, -0.15) is 0 Å². The van der Waals surface area contributed by atoms with Crippen LogP contribution in [-0.2, 0) is 17.9 Å². The number of nitrogens with one attached hydrogen (secondary N) is 1. The van der Waals surface area contributed by atoms with Gasteiger partial charge < -0.3 is 9.88 Å². The molecule has 2 heterocycles. The molecule has 1 aromatic carbocycles. The third-order valence-corrected chi connectivity index (χ3v) is 4.83. The molecule has 5 heteroatoms. The van der Waals surface area contributed by atoms with Crippen molar-refractivity contribution in [1.29, 1.82) is 0 Å². The van der Waals surface area contributed by atoms with Gasteiger partial charge in [0, 0.05) is 31.9 Å². The molecule has 0 unspecified atom stereocenters. The molecule has 0 bridgehead atoms. The monoisotopic (exact) mass is 339 g/mol. The summed E-state index contributed by atoms with van der Waals surface area (Å²) in [6.07, 6.45) is 2.73. The van der Waals surface area contributed by atoms with Crippen LogP contribution in [0.4, 0.5) is 0 Å². The van der Waals surface area contributed by atoms with Gasteiger partial charge in [0.1, 0.15) is 6.54 Å². The number of carbonyl (C=O) groups is 1. The number of hydrogen-bond donors (Lipinski definition) is 1. The summed E-state index contributed by atoms with van der Waals surface area (Å²) in [7, 11) is 0. The lowest BCUT2D eigenvalue weighted by molar-refractivity contribution is -0.121. The molecule has 1 aliphatic rings. The molecular weight excluding hydrogens is 314 g/mol. The van der Waals surface area contributed by atoms with Crippen molar-refractivity contribution in [1.82, 2.24) is 14.8 Å². The Morgan fingerprint density at radius 2 is 2.00 bits per heavy atom. The Bertz CT molecular complexity index is 784. The third-order valence-electron chi connectivity index (χ3n) is 4.83. The highest BCUT2D eigenvalue weighted by molar-refractivity contribution is 5.75. The van der Waals surface area contributed by atoms with E-state index in [0.717, 1.165) is 26.1 Å². The minimum atomic E-state index is -0.150. The van der Waals surface area contributed by atoms with Gasteiger partial charge in [-0.25, -0.2) is 0 Å². The molecular formula is C20H25N3O2. The number of amides is 1. The largest absolute Gasteiger partial charge is 0.354 e. The van der Waals surface area contributed by atoms with Crippen molar-refractivity contribution in [3.05, 3.63) is 70.1 Å². The highest BCUT2D eigenvalue weighted by Gasteiger charge is 2.23. The molecule has 1 saturated heterocycles. The number of rotatable bonds is 6. The maximum absolute atomic E-state index is 12.1. The van der Waals surface area contributed by atoms with Gasteiger partial charge in [0.15, 0.2) is 0 Å². The first-order valence-corrected chi connectivity index (χ1v) is 8.81. The summed E-state index contributed by atoms with van der Waals surface area (Å²) >= 11 is 0. The Labute approximate surface area is 148 Å². The molecule has 1 aromatic heterocycles. The summed E-state index contributed by atoms with van der Waals surface area (Å²) in [5.74, 6) is 0.367. The molecule has 0 spiro atoms. The van der Waals surface area contributed by atoms with Crippen molar-refractivity contribution in [2.24, 2.45) is 5.92 Å². The predicted octanol–water partition coefficient (Wildman–Crippen LogP) is 1.80. The van der Waals surface area contributed by atoms with Crippen LogP contribution in [0.15, 0.2) is 53.5 Å². The van der Waals surface area contributed by atoms with Crippen molar-refractivity contribution in [3.8, 4) is 0 Å². The Hall–Kier alpha value is -2.40. The maximum Gasteiger partial charge on any atom is 0.250 e. The minimum absolute atomic E-state index is 0.0827. The van der Waals surface area contributed by atoms with Crippen LogP contribution < -0.4 is 10.9 Å². The number of carbonyl (C=O) groups excluding carboxylic acids is 1. The summed E-state index contributed by atoms with van der Waals surface area (Å²) in [4.78, 5) is 26.1. The summed E-state index contributed by atoms with van der Waals surface area (Å²) in [6, 6.07) is 13.4. The van der Waals surface area contributed by atoms with Crippen LogP contribution in [0.3, 0.4) is 0 Å². The first-order chi connectivity index (χ1) is 12.1. The molecule has 1 amide bonds. The maximum atomic E-state index is 12.1. The smallest absolute Gasteiger partial charge is 0.250 e. The van der Waals surface area contributed by atoms with Gasteiger partial charge in [-0.05, 0) is 43.0 Å². The molecule has 0 saturated carbocycles. The number of nitrogens with zero attached hydrogens (tertiary/aromatic N) is 2. The lowest BCUT2D eigenvalue weighted by atomic mass is 10.1. The number of likely N-dealkylation sites (tertiary alicyclic amines) is 1. The van der Waals surface area contributed by atoms with E-state index in [0.29, 0.717) is 12.5 Å². The zero-order valence-electron chi connectivity index (χ0n) is 14.6. The van der Waals surface area contributed by atoms with Crippen LogP contribution >= 0.6 is 0 Å². The summed E-state index contributed by atoms with van der Waals surface area (Å²) in [5, 5.41) is 2.97. The summed E-state index contributed by atoms with van der Waals surface area (Å²) in [6.45, 7) is 5.93. The Kier molecular flexibility index (Phi) is 5.66. The van der Waals surface area contributed by atoms with Gasteiger partial charge in [-0.3, -0.25) is 14.5 Å². The van der Waals surface area contributed by atoms with Crippen molar-refractivity contribution in [2.75, 3.05) is 19.6 Å². The van der Waals surface area contributed by atoms with E-state index in [2.05, 4.69) is 41.4 Å². The van der Waals surface area contributed by atoms with Crippen LogP contribution in [0.25, 0.3) is 0 Å². The molecule has 5 nitrogen and oxygen atoms in total. The normalized spacial score (nSPS) is 17.6. The van der Waals surface area contributed by atoms with Crippen molar-refractivity contribution < 1.29 is 4.79 Å². The second-order valence-electron chi connectivity index (χ2n) is 6.79. The standard InChI is InChI=1S/C20H25N3O2/c1-16-6-2-3-7-18(16)14-22-11-9-17(13-22)12-21-19(24)15-23-10-5-4-8-20(23)25/h2-8,10,17H,9,11-15H2,1H3,(H,21,24)/t17-/m1/s1. The summed E-state index contributed by atoms with van der Waals surface area (Å²) in [5.41, 5.74) is 2.55. The zero-order chi connectivity index (χ0) is 17.6. The molecule has 1 atom stereocenters. The first-order valence-electron chi connectivity index (χ1n) is 8.81. The molecule has 25 heavy (non-hydrogen) atoms. The molecule has 1 fully saturated rings. The second-order valence-corrected chi connectivity index (χ2v) is 6.79. The Morgan fingerprint density at radius 3 is 2.80 bits per heavy atom. The van der Waals surface area contributed by atoms with E-state index < -0.39 is 0 Å². The average Bonchev–Trinajstić information content (AvgIpc) is 3.05. The number of hydrogen-bond acceptors (Lipinski definition) is 3. The fraction of sp³-hybridized carbons (Fsp3) is 0.400. The lowest BCUT2D eigenvalue weighted by Gasteiger charge is -2.17. The molecule has 1 N–H and O–H groups in total. The van der Waals surface area contributed by atoms with E-state index in [-0.39, 0.29) is 18.0 Å². The van der Waals surface area contributed by atoms with Crippen molar-refractivity contribution in [2.45, 2.75) is 26.4 Å². The van der Waals surface area contributed by atoms with E-state index >= 15 is 0 Å². The van der Waals surface area contributed by atoms with Crippen LogP contribution in [0.2, 0.25) is 0 Å². The van der Waals surface area contributed by atoms with Crippen LogP contribution in [0.1, 0.15) is 17.5 Å². The molecule has 1 aliphatic heterocycles. The van der Waals surface area contributed by atoms with Crippen molar-refractivity contribution in [3.63, 3.8) is 0 Å². The highest BCUT2D eigenvalue weighted by Crippen LogP contribution is 2.19. The molecule has 132 valence electrons. The van der Waals surface area contributed by atoms with Crippen LogP contribution in [0, 0.1) is 12.8 Å². The molecule has 0 radical (unpaired) electrons. The molecule has 3 rings (SSSR count).